The molecule has 0 bridgehead atoms. The van der Waals surface area contributed by atoms with Crippen molar-refractivity contribution < 1.29 is 22.3 Å². The number of halogens is 2. The molecule has 1 aliphatic heterocycles. The molecule has 1 aliphatic rings. The van der Waals surface area contributed by atoms with Crippen molar-refractivity contribution in [3.8, 4) is 5.75 Å². The minimum atomic E-state index is -3.60. The second-order valence-corrected chi connectivity index (χ2v) is 8.75. The Balaban J connectivity index is 1.63. The van der Waals surface area contributed by atoms with E-state index >= 15 is 0 Å². The van der Waals surface area contributed by atoms with Gasteiger partial charge in [0, 0.05) is 18.8 Å². The van der Waals surface area contributed by atoms with Gasteiger partial charge >= 0.3 is 0 Å². The highest BCUT2D eigenvalue weighted by Gasteiger charge is 2.26. The van der Waals surface area contributed by atoms with Crippen molar-refractivity contribution in [2.45, 2.75) is 24.2 Å². The zero-order chi connectivity index (χ0) is 20.1. The second-order valence-electron chi connectivity index (χ2n) is 6.40. The molecule has 2 aromatic rings. The molecular formula is C19H20ClFN2O4S. The molecule has 1 fully saturated rings. The lowest BCUT2D eigenvalue weighted by Gasteiger charge is -2.26. The zero-order valence-electron chi connectivity index (χ0n) is 15.0. The van der Waals surface area contributed by atoms with Crippen LogP contribution in [0, 0.1) is 5.82 Å². The Hall–Kier alpha value is -2.16. The van der Waals surface area contributed by atoms with Gasteiger partial charge in [-0.15, -0.1) is 0 Å². The van der Waals surface area contributed by atoms with Crippen LogP contribution in [0.1, 0.15) is 19.3 Å². The van der Waals surface area contributed by atoms with Gasteiger partial charge in [0.1, 0.15) is 11.6 Å². The van der Waals surface area contributed by atoms with Crippen LogP contribution in [0.3, 0.4) is 0 Å². The molecule has 150 valence electrons. The SMILES string of the molecule is O=C(COc1ccc(S(=O)(=O)N2CCCCC2)cc1Cl)Nc1cccc(F)c1. The van der Waals surface area contributed by atoms with Crippen LogP contribution < -0.4 is 10.1 Å². The maximum absolute atomic E-state index is 13.1. The van der Waals surface area contributed by atoms with E-state index in [1.807, 2.05) is 0 Å². The molecule has 6 nitrogen and oxygen atoms in total. The van der Waals surface area contributed by atoms with E-state index in [1.54, 1.807) is 6.07 Å². The summed E-state index contributed by atoms with van der Waals surface area (Å²) >= 11 is 6.15. The third-order valence-electron chi connectivity index (χ3n) is 4.32. The first-order chi connectivity index (χ1) is 13.4. The monoisotopic (exact) mass is 426 g/mol. The molecule has 1 saturated heterocycles. The van der Waals surface area contributed by atoms with Gasteiger partial charge in [0.15, 0.2) is 6.61 Å². The van der Waals surface area contributed by atoms with Crippen LogP contribution in [-0.2, 0) is 14.8 Å². The molecule has 3 rings (SSSR count). The van der Waals surface area contributed by atoms with Crippen molar-refractivity contribution in [2.75, 3.05) is 25.0 Å². The highest BCUT2D eigenvalue weighted by atomic mass is 35.5. The maximum Gasteiger partial charge on any atom is 0.262 e. The average molecular weight is 427 g/mol. The van der Waals surface area contributed by atoms with E-state index in [0.717, 1.165) is 19.3 Å². The summed E-state index contributed by atoms with van der Waals surface area (Å²) in [6, 6.07) is 9.64. The molecule has 1 heterocycles. The number of amides is 1. The van der Waals surface area contributed by atoms with Gasteiger partial charge in [0.25, 0.3) is 5.91 Å². The van der Waals surface area contributed by atoms with Crippen molar-refractivity contribution in [2.24, 2.45) is 0 Å². The number of sulfonamides is 1. The van der Waals surface area contributed by atoms with Crippen molar-refractivity contribution in [1.29, 1.82) is 0 Å². The van der Waals surface area contributed by atoms with E-state index in [9.17, 15) is 17.6 Å². The minimum Gasteiger partial charge on any atom is -0.482 e. The fourth-order valence-electron chi connectivity index (χ4n) is 2.92. The standard InChI is InChI=1S/C19H20ClFN2O4S/c20-17-12-16(28(25,26)23-9-2-1-3-10-23)7-8-18(17)27-13-19(24)22-15-6-4-5-14(21)11-15/h4-8,11-12H,1-3,9-10,13H2,(H,22,24). The molecular weight excluding hydrogens is 407 g/mol. The number of anilines is 1. The van der Waals surface area contributed by atoms with Crippen LogP contribution in [0.2, 0.25) is 5.02 Å². The van der Waals surface area contributed by atoms with Crippen molar-refractivity contribution in [3.05, 3.63) is 53.3 Å². The Morgan fingerprint density at radius 3 is 2.57 bits per heavy atom. The summed E-state index contributed by atoms with van der Waals surface area (Å²) in [6.07, 6.45) is 2.71. The smallest absolute Gasteiger partial charge is 0.262 e. The number of piperidine rings is 1. The van der Waals surface area contributed by atoms with Crippen molar-refractivity contribution in [1.82, 2.24) is 4.31 Å². The molecule has 0 aliphatic carbocycles. The quantitative estimate of drug-likeness (QED) is 0.764. The number of carbonyl (C=O) groups is 1. The van der Waals surface area contributed by atoms with E-state index in [1.165, 1.54) is 40.7 Å². The Morgan fingerprint density at radius 2 is 1.89 bits per heavy atom. The summed E-state index contributed by atoms with van der Waals surface area (Å²) in [5.74, 6) is -0.771. The first-order valence-electron chi connectivity index (χ1n) is 8.84. The Labute approximate surface area is 168 Å². The lowest BCUT2D eigenvalue weighted by Crippen LogP contribution is -2.35. The highest BCUT2D eigenvalue weighted by Crippen LogP contribution is 2.29. The largest absolute Gasteiger partial charge is 0.482 e. The van der Waals surface area contributed by atoms with Gasteiger partial charge in [-0.2, -0.15) is 4.31 Å². The Kier molecular flexibility index (Phi) is 6.53. The first-order valence-corrected chi connectivity index (χ1v) is 10.7. The molecule has 2 aromatic carbocycles. The summed E-state index contributed by atoms with van der Waals surface area (Å²) < 4.78 is 45.3. The first kappa shape index (κ1) is 20.6. The van der Waals surface area contributed by atoms with E-state index in [2.05, 4.69) is 5.32 Å². The fourth-order valence-corrected chi connectivity index (χ4v) is 4.76. The van der Waals surface area contributed by atoms with Crippen LogP contribution in [0.4, 0.5) is 10.1 Å². The van der Waals surface area contributed by atoms with Crippen LogP contribution in [0.25, 0.3) is 0 Å². The fraction of sp³-hybridized carbons (Fsp3) is 0.316. The van der Waals surface area contributed by atoms with E-state index in [0.29, 0.717) is 18.8 Å². The van der Waals surface area contributed by atoms with Gasteiger partial charge in [-0.3, -0.25) is 4.79 Å². The number of hydrogen-bond acceptors (Lipinski definition) is 4. The number of benzene rings is 2. The molecule has 28 heavy (non-hydrogen) atoms. The van der Waals surface area contributed by atoms with Crippen molar-refractivity contribution >= 4 is 33.2 Å². The van der Waals surface area contributed by atoms with Gasteiger partial charge in [0.2, 0.25) is 10.0 Å². The number of carbonyl (C=O) groups excluding carboxylic acids is 1. The zero-order valence-corrected chi connectivity index (χ0v) is 16.6. The van der Waals surface area contributed by atoms with Crippen LogP contribution >= 0.6 is 11.6 Å². The van der Waals surface area contributed by atoms with Crippen LogP contribution in [-0.4, -0.2) is 38.3 Å². The van der Waals surface area contributed by atoms with Gasteiger partial charge in [-0.25, -0.2) is 12.8 Å². The Bertz CT molecular complexity index is 962. The summed E-state index contributed by atoms with van der Waals surface area (Å²) in [7, 11) is -3.60. The number of rotatable bonds is 6. The lowest BCUT2D eigenvalue weighted by molar-refractivity contribution is -0.118. The summed E-state index contributed by atoms with van der Waals surface area (Å²) in [5, 5.41) is 2.60. The summed E-state index contributed by atoms with van der Waals surface area (Å²) in [5.41, 5.74) is 0.308. The topological polar surface area (TPSA) is 75.7 Å². The van der Waals surface area contributed by atoms with Gasteiger partial charge in [-0.05, 0) is 49.2 Å². The van der Waals surface area contributed by atoms with Crippen LogP contribution in [0.5, 0.6) is 5.75 Å². The number of nitrogens with one attached hydrogen (secondary N) is 1. The van der Waals surface area contributed by atoms with Gasteiger partial charge in [-0.1, -0.05) is 24.1 Å². The van der Waals surface area contributed by atoms with Gasteiger partial charge < -0.3 is 10.1 Å². The van der Waals surface area contributed by atoms with E-state index in [-0.39, 0.29) is 22.3 Å². The van der Waals surface area contributed by atoms with Crippen LogP contribution in [0.15, 0.2) is 47.4 Å². The lowest BCUT2D eigenvalue weighted by atomic mass is 10.2. The van der Waals surface area contributed by atoms with E-state index < -0.39 is 21.7 Å². The number of hydrogen-bond donors (Lipinski definition) is 1. The second kappa shape index (κ2) is 8.89. The molecule has 0 radical (unpaired) electrons. The minimum absolute atomic E-state index is 0.0935. The molecule has 1 amide bonds. The third-order valence-corrected chi connectivity index (χ3v) is 6.51. The highest BCUT2D eigenvalue weighted by molar-refractivity contribution is 7.89. The molecule has 9 heteroatoms. The van der Waals surface area contributed by atoms with Gasteiger partial charge in [0.05, 0.1) is 9.92 Å². The molecule has 0 saturated carbocycles. The summed E-state index contributed by atoms with van der Waals surface area (Å²) in [6.45, 7) is 0.644. The molecule has 0 spiro atoms. The predicted molar refractivity (Wildman–Crippen MR) is 105 cm³/mol. The van der Waals surface area contributed by atoms with Crippen molar-refractivity contribution in [3.63, 3.8) is 0 Å². The normalized spacial score (nSPS) is 15.2. The average Bonchev–Trinajstić information content (AvgIpc) is 2.67. The maximum atomic E-state index is 13.1. The predicted octanol–water partition coefficient (Wildman–Crippen LogP) is 3.67. The number of nitrogens with zero attached hydrogens (tertiary/aromatic N) is 1. The van der Waals surface area contributed by atoms with E-state index in [4.69, 9.17) is 16.3 Å². The molecule has 0 atom stereocenters. The Morgan fingerprint density at radius 1 is 1.14 bits per heavy atom. The summed E-state index contributed by atoms with van der Waals surface area (Å²) in [4.78, 5) is 12.0. The molecule has 1 N–H and O–H groups in total. The molecule has 0 aromatic heterocycles. The third kappa shape index (κ3) is 5.01. The number of ether oxygens (including phenoxy) is 1. The molecule has 0 unspecified atom stereocenters.